The summed E-state index contributed by atoms with van der Waals surface area (Å²) in [5.41, 5.74) is 0. The van der Waals surface area contributed by atoms with Gasteiger partial charge in [0.15, 0.2) is 5.85 Å². The van der Waals surface area contributed by atoms with Crippen molar-refractivity contribution in [3.8, 4) is 0 Å². The van der Waals surface area contributed by atoms with E-state index in [-0.39, 0.29) is 13.2 Å². The second-order valence-electron chi connectivity index (χ2n) is 2.02. The van der Waals surface area contributed by atoms with Crippen LogP contribution in [0.1, 0.15) is 13.8 Å². The van der Waals surface area contributed by atoms with Crippen molar-refractivity contribution in [1.82, 2.24) is 0 Å². The highest BCUT2D eigenvalue weighted by Gasteiger charge is 2.31. The monoisotopic (exact) mass is 194 g/mol. The summed E-state index contributed by atoms with van der Waals surface area (Å²) in [6, 6.07) is 0. The third-order valence-corrected chi connectivity index (χ3v) is 3.25. The van der Waals surface area contributed by atoms with E-state index in [4.69, 9.17) is 9.05 Å². The van der Waals surface area contributed by atoms with Crippen LogP contribution in [-0.4, -0.2) is 24.2 Å². The molecule has 0 aliphatic rings. The third kappa shape index (κ3) is 3.07. The molecule has 0 saturated heterocycles. The van der Waals surface area contributed by atoms with E-state index in [1.807, 2.05) is 0 Å². The van der Waals surface area contributed by atoms with Gasteiger partial charge in [0, 0.05) is 0 Å². The molecule has 0 heterocycles. The molecular formula is C7H15O4P. The van der Waals surface area contributed by atoms with Crippen molar-refractivity contribution in [2.45, 2.75) is 19.7 Å². The SMILES string of the molecule is C=CC(O)P(=O)(OCC)OCC. The van der Waals surface area contributed by atoms with Crippen LogP contribution in [0.3, 0.4) is 0 Å². The van der Waals surface area contributed by atoms with Gasteiger partial charge in [-0.3, -0.25) is 4.57 Å². The Morgan fingerprint density at radius 3 is 2.17 bits per heavy atom. The molecule has 0 saturated carbocycles. The first-order valence-electron chi connectivity index (χ1n) is 3.80. The molecule has 0 aliphatic heterocycles. The first-order valence-corrected chi connectivity index (χ1v) is 5.41. The van der Waals surface area contributed by atoms with Gasteiger partial charge in [0.05, 0.1) is 13.2 Å². The standard InChI is InChI=1S/C7H15O4P/c1-4-7(8)12(9,10-5-2)11-6-3/h4,7-8H,1,5-6H2,2-3H3. The molecule has 0 rings (SSSR count). The molecule has 0 radical (unpaired) electrons. The molecular weight excluding hydrogens is 179 g/mol. The summed E-state index contributed by atoms with van der Waals surface area (Å²) in [6.07, 6.45) is 1.14. The third-order valence-electron chi connectivity index (χ3n) is 1.15. The zero-order chi connectivity index (χ0) is 9.61. The predicted molar refractivity (Wildman–Crippen MR) is 47.1 cm³/mol. The predicted octanol–water partition coefficient (Wildman–Crippen LogP) is 1.76. The average molecular weight is 194 g/mol. The van der Waals surface area contributed by atoms with Gasteiger partial charge < -0.3 is 14.2 Å². The minimum absolute atomic E-state index is 0.238. The number of hydrogen-bond acceptors (Lipinski definition) is 4. The maximum atomic E-state index is 11.6. The maximum absolute atomic E-state index is 11.6. The van der Waals surface area contributed by atoms with Crippen LogP contribution < -0.4 is 0 Å². The Morgan fingerprint density at radius 1 is 1.50 bits per heavy atom. The van der Waals surface area contributed by atoms with Crippen molar-refractivity contribution in [2.75, 3.05) is 13.2 Å². The fourth-order valence-electron chi connectivity index (χ4n) is 0.679. The normalized spacial score (nSPS) is 14.2. The molecule has 0 aromatic rings. The second kappa shape index (κ2) is 5.49. The molecule has 0 fully saturated rings. The van der Waals surface area contributed by atoms with E-state index in [0.29, 0.717) is 0 Å². The van der Waals surface area contributed by atoms with E-state index in [1.54, 1.807) is 13.8 Å². The fourth-order valence-corrected chi connectivity index (χ4v) is 2.04. The van der Waals surface area contributed by atoms with Crippen molar-refractivity contribution in [1.29, 1.82) is 0 Å². The molecule has 4 nitrogen and oxygen atoms in total. The lowest BCUT2D eigenvalue weighted by molar-refractivity contribution is 0.169. The van der Waals surface area contributed by atoms with E-state index in [1.165, 1.54) is 0 Å². The molecule has 1 N–H and O–H groups in total. The van der Waals surface area contributed by atoms with Gasteiger partial charge in [-0.1, -0.05) is 12.7 Å². The van der Waals surface area contributed by atoms with Crippen molar-refractivity contribution in [3.05, 3.63) is 12.7 Å². The van der Waals surface area contributed by atoms with Gasteiger partial charge in [0.2, 0.25) is 0 Å². The van der Waals surface area contributed by atoms with Gasteiger partial charge >= 0.3 is 7.60 Å². The summed E-state index contributed by atoms with van der Waals surface area (Å²) < 4.78 is 21.2. The van der Waals surface area contributed by atoms with E-state index in [2.05, 4.69) is 6.58 Å². The second-order valence-corrected chi connectivity index (χ2v) is 4.15. The Bertz CT molecular complexity index is 170. The zero-order valence-corrected chi connectivity index (χ0v) is 8.29. The summed E-state index contributed by atoms with van der Waals surface area (Å²) >= 11 is 0. The molecule has 0 aromatic carbocycles. The molecule has 0 bridgehead atoms. The Kier molecular flexibility index (Phi) is 5.42. The zero-order valence-electron chi connectivity index (χ0n) is 7.40. The van der Waals surface area contributed by atoms with Crippen molar-refractivity contribution in [2.24, 2.45) is 0 Å². The number of rotatable bonds is 6. The maximum Gasteiger partial charge on any atom is 0.362 e. The largest absolute Gasteiger partial charge is 0.377 e. The number of aliphatic hydroxyl groups is 1. The highest BCUT2D eigenvalue weighted by Crippen LogP contribution is 2.52. The summed E-state index contributed by atoms with van der Waals surface area (Å²) in [5.74, 6) is -1.24. The summed E-state index contributed by atoms with van der Waals surface area (Å²) in [5, 5.41) is 9.21. The van der Waals surface area contributed by atoms with E-state index < -0.39 is 13.4 Å². The molecule has 72 valence electrons. The lowest BCUT2D eigenvalue weighted by Gasteiger charge is -2.19. The van der Waals surface area contributed by atoms with Crippen molar-refractivity contribution < 1.29 is 18.7 Å². The van der Waals surface area contributed by atoms with E-state index in [9.17, 15) is 9.67 Å². The molecule has 0 aliphatic carbocycles. The molecule has 12 heavy (non-hydrogen) atoms. The van der Waals surface area contributed by atoms with Crippen LogP contribution in [0.2, 0.25) is 0 Å². The molecule has 1 unspecified atom stereocenters. The average Bonchev–Trinajstić information content (AvgIpc) is 2.04. The quantitative estimate of drug-likeness (QED) is 0.517. The summed E-state index contributed by atoms with van der Waals surface area (Å²) in [6.45, 7) is 7.15. The Balaban J connectivity index is 4.37. The minimum atomic E-state index is -3.37. The van der Waals surface area contributed by atoms with Gasteiger partial charge in [0.1, 0.15) is 0 Å². The van der Waals surface area contributed by atoms with E-state index in [0.717, 1.165) is 6.08 Å². The van der Waals surface area contributed by atoms with Crippen LogP contribution in [0, 0.1) is 0 Å². The van der Waals surface area contributed by atoms with Crippen LogP contribution >= 0.6 is 7.60 Å². The topological polar surface area (TPSA) is 55.8 Å². The van der Waals surface area contributed by atoms with Gasteiger partial charge in [-0.2, -0.15) is 0 Å². The Morgan fingerprint density at radius 2 is 1.92 bits per heavy atom. The van der Waals surface area contributed by atoms with Crippen LogP contribution in [0.25, 0.3) is 0 Å². The molecule has 0 aromatic heterocycles. The van der Waals surface area contributed by atoms with E-state index >= 15 is 0 Å². The minimum Gasteiger partial charge on any atom is -0.377 e. The molecule has 0 spiro atoms. The number of hydrogen-bond donors (Lipinski definition) is 1. The van der Waals surface area contributed by atoms with Gasteiger partial charge in [-0.05, 0) is 13.8 Å². The van der Waals surface area contributed by atoms with Crippen LogP contribution in [0.4, 0.5) is 0 Å². The van der Waals surface area contributed by atoms with Gasteiger partial charge in [-0.25, -0.2) is 0 Å². The van der Waals surface area contributed by atoms with Crippen molar-refractivity contribution in [3.63, 3.8) is 0 Å². The lowest BCUT2D eigenvalue weighted by atomic mass is 10.7. The first-order chi connectivity index (χ1) is 5.60. The summed E-state index contributed by atoms with van der Waals surface area (Å²) in [4.78, 5) is 0. The van der Waals surface area contributed by atoms with Gasteiger partial charge in [-0.15, -0.1) is 0 Å². The molecule has 0 amide bonds. The Labute approximate surface area is 72.7 Å². The van der Waals surface area contributed by atoms with Gasteiger partial charge in [0.25, 0.3) is 0 Å². The van der Waals surface area contributed by atoms with Crippen LogP contribution in [0.15, 0.2) is 12.7 Å². The molecule has 5 heteroatoms. The molecule has 1 atom stereocenters. The Hall–Kier alpha value is -0.150. The highest BCUT2D eigenvalue weighted by molar-refractivity contribution is 7.54. The highest BCUT2D eigenvalue weighted by atomic mass is 31.2. The fraction of sp³-hybridized carbons (Fsp3) is 0.714. The van der Waals surface area contributed by atoms with Crippen molar-refractivity contribution >= 4 is 7.60 Å². The first kappa shape index (κ1) is 11.8. The van der Waals surface area contributed by atoms with Crippen LogP contribution in [0.5, 0.6) is 0 Å². The van der Waals surface area contributed by atoms with Crippen LogP contribution in [-0.2, 0) is 13.6 Å². The smallest absolute Gasteiger partial charge is 0.362 e. The number of aliphatic hydroxyl groups excluding tert-OH is 1. The summed E-state index contributed by atoms with van der Waals surface area (Å²) in [7, 11) is -3.37. The lowest BCUT2D eigenvalue weighted by Crippen LogP contribution is -2.09.